The van der Waals surface area contributed by atoms with Crippen molar-refractivity contribution in [1.29, 1.82) is 0 Å². The molecule has 1 amide bonds. The molecule has 146 valence electrons. The number of benzene rings is 1. The fraction of sp³-hybridized carbons (Fsp3) is 0.333. The number of aryl methyl sites for hydroxylation is 2. The predicted molar refractivity (Wildman–Crippen MR) is 96.8 cm³/mol. The molecule has 2 aromatic heterocycles. The zero-order valence-electron chi connectivity index (χ0n) is 14.6. The molecule has 0 spiro atoms. The quantitative estimate of drug-likeness (QED) is 0.721. The van der Waals surface area contributed by atoms with Crippen LogP contribution in [-0.4, -0.2) is 31.7 Å². The van der Waals surface area contributed by atoms with Crippen molar-refractivity contribution >= 4 is 17.2 Å². The fourth-order valence-electron chi connectivity index (χ4n) is 3.12. The summed E-state index contributed by atoms with van der Waals surface area (Å²) in [5, 5.41) is 13.1. The number of fused-ring (bicyclic) bond motifs is 1. The highest BCUT2D eigenvalue weighted by Gasteiger charge is 2.30. The predicted octanol–water partition coefficient (Wildman–Crippen LogP) is 3.56. The molecule has 3 aromatic rings. The van der Waals surface area contributed by atoms with E-state index in [-0.39, 0.29) is 17.6 Å². The normalized spacial score (nSPS) is 17.0. The second-order valence-corrected chi connectivity index (χ2v) is 7.41. The van der Waals surface area contributed by atoms with Crippen LogP contribution in [0.1, 0.15) is 34.7 Å². The van der Waals surface area contributed by atoms with Crippen LogP contribution in [0, 0.1) is 0 Å². The Morgan fingerprint density at radius 2 is 2.00 bits per heavy atom. The Morgan fingerprint density at radius 3 is 2.75 bits per heavy atom. The van der Waals surface area contributed by atoms with Gasteiger partial charge in [-0.1, -0.05) is 12.1 Å². The summed E-state index contributed by atoms with van der Waals surface area (Å²) in [4.78, 5) is 16.8. The van der Waals surface area contributed by atoms with Crippen LogP contribution in [0.4, 0.5) is 13.2 Å². The number of hydrogen-bond donors (Lipinski definition) is 1. The minimum absolute atomic E-state index is 0.00502. The van der Waals surface area contributed by atoms with Gasteiger partial charge in [0.05, 0.1) is 5.56 Å². The lowest BCUT2D eigenvalue weighted by Gasteiger charge is -2.14. The van der Waals surface area contributed by atoms with Gasteiger partial charge in [-0.15, -0.1) is 21.5 Å². The third kappa shape index (κ3) is 3.91. The monoisotopic (exact) mass is 407 g/mol. The number of carbonyl (C=O) groups is 1. The lowest BCUT2D eigenvalue weighted by Crippen LogP contribution is -2.35. The van der Waals surface area contributed by atoms with Crippen LogP contribution in [-0.2, 0) is 19.1 Å². The molecule has 10 heteroatoms. The number of aromatic nitrogens is 4. The van der Waals surface area contributed by atoms with Gasteiger partial charge in [-0.25, -0.2) is 4.98 Å². The molecular formula is C18H16F3N5OS. The molecule has 0 bridgehead atoms. The van der Waals surface area contributed by atoms with Gasteiger partial charge in [-0.2, -0.15) is 13.2 Å². The highest BCUT2D eigenvalue weighted by Crippen LogP contribution is 2.31. The highest BCUT2D eigenvalue weighted by molar-refractivity contribution is 7.13. The van der Waals surface area contributed by atoms with Gasteiger partial charge in [-0.05, 0) is 25.0 Å². The van der Waals surface area contributed by atoms with E-state index in [0.717, 1.165) is 43.8 Å². The maximum Gasteiger partial charge on any atom is 0.416 e. The van der Waals surface area contributed by atoms with Gasteiger partial charge in [0.1, 0.15) is 22.9 Å². The van der Waals surface area contributed by atoms with Gasteiger partial charge < -0.3 is 9.88 Å². The van der Waals surface area contributed by atoms with Crippen LogP contribution in [0.2, 0.25) is 0 Å². The van der Waals surface area contributed by atoms with E-state index in [0.29, 0.717) is 10.6 Å². The zero-order valence-corrected chi connectivity index (χ0v) is 15.4. The van der Waals surface area contributed by atoms with E-state index < -0.39 is 11.7 Å². The molecule has 1 unspecified atom stereocenters. The summed E-state index contributed by atoms with van der Waals surface area (Å²) in [6.07, 6.45) is -0.417. The Hall–Kier alpha value is -2.75. The maximum absolute atomic E-state index is 12.7. The van der Waals surface area contributed by atoms with Crippen molar-refractivity contribution in [3.05, 3.63) is 53.1 Å². The van der Waals surface area contributed by atoms with Gasteiger partial charge >= 0.3 is 6.18 Å². The van der Waals surface area contributed by atoms with E-state index in [1.807, 2.05) is 4.57 Å². The minimum atomic E-state index is -4.38. The van der Waals surface area contributed by atoms with Crippen molar-refractivity contribution in [3.63, 3.8) is 0 Å². The topological polar surface area (TPSA) is 72.7 Å². The molecule has 0 aliphatic carbocycles. The Bertz CT molecular complexity index is 957. The average molecular weight is 407 g/mol. The van der Waals surface area contributed by atoms with Crippen LogP contribution < -0.4 is 5.32 Å². The SMILES string of the molecule is O=C(NC1CCc2nncn2CC1)c1csc(-c2ccc(C(F)(F)F)cc2)n1. The third-order valence-electron chi connectivity index (χ3n) is 4.66. The highest BCUT2D eigenvalue weighted by atomic mass is 32.1. The number of carbonyl (C=O) groups excluding carboxylic acids is 1. The van der Waals surface area contributed by atoms with E-state index in [1.165, 1.54) is 23.5 Å². The number of alkyl halides is 3. The Kier molecular flexibility index (Phi) is 4.88. The molecule has 0 radical (unpaired) electrons. The molecule has 1 atom stereocenters. The molecule has 0 saturated carbocycles. The Balaban J connectivity index is 1.41. The standard InChI is InChI=1S/C18H16F3N5OS/c19-18(20,21)12-3-1-11(2-4-12)17-24-14(9-28-17)16(27)23-13-5-6-15-25-22-10-26(15)8-7-13/h1-4,9-10,13H,5-8H2,(H,23,27). The Morgan fingerprint density at radius 1 is 1.21 bits per heavy atom. The first-order valence-corrected chi connectivity index (χ1v) is 9.59. The summed E-state index contributed by atoms with van der Waals surface area (Å²) >= 11 is 1.23. The average Bonchev–Trinajstić information content (AvgIpc) is 3.29. The van der Waals surface area contributed by atoms with Gasteiger partial charge in [0.25, 0.3) is 5.91 Å². The van der Waals surface area contributed by atoms with Crippen molar-refractivity contribution in [1.82, 2.24) is 25.1 Å². The summed E-state index contributed by atoms with van der Waals surface area (Å²) in [5.41, 5.74) is 0.0993. The molecule has 3 heterocycles. The van der Waals surface area contributed by atoms with Crippen LogP contribution in [0.25, 0.3) is 10.6 Å². The summed E-state index contributed by atoms with van der Waals surface area (Å²) in [7, 11) is 0. The first-order valence-electron chi connectivity index (χ1n) is 8.71. The Labute approximate surface area is 162 Å². The largest absolute Gasteiger partial charge is 0.416 e. The molecule has 0 fully saturated rings. The first-order chi connectivity index (χ1) is 13.4. The van der Waals surface area contributed by atoms with Crippen molar-refractivity contribution in [2.24, 2.45) is 0 Å². The van der Waals surface area contributed by atoms with Crippen molar-refractivity contribution in [2.75, 3.05) is 0 Å². The van der Waals surface area contributed by atoms with Gasteiger partial charge in [0.15, 0.2) is 0 Å². The molecule has 4 rings (SSSR count). The summed E-state index contributed by atoms with van der Waals surface area (Å²) in [6, 6.07) is 4.76. The van der Waals surface area contributed by atoms with E-state index in [2.05, 4.69) is 20.5 Å². The molecule has 1 aliphatic heterocycles. The van der Waals surface area contributed by atoms with Crippen LogP contribution in [0.5, 0.6) is 0 Å². The van der Waals surface area contributed by atoms with Crippen LogP contribution in [0.15, 0.2) is 36.0 Å². The number of nitrogens with zero attached hydrogens (tertiary/aromatic N) is 4. The summed E-state index contributed by atoms with van der Waals surface area (Å²) < 4.78 is 40.0. The van der Waals surface area contributed by atoms with Crippen molar-refractivity contribution in [3.8, 4) is 10.6 Å². The van der Waals surface area contributed by atoms with Gasteiger partial charge in [0.2, 0.25) is 0 Å². The lowest BCUT2D eigenvalue weighted by molar-refractivity contribution is -0.137. The molecule has 6 nitrogen and oxygen atoms in total. The van der Waals surface area contributed by atoms with Crippen LogP contribution >= 0.6 is 11.3 Å². The van der Waals surface area contributed by atoms with Gasteiger partial charge in [-0.3, -0.25) is 4.79 Å². The number of hydrogen-bond acceptors (Lipinski definition) is 5. The zero-order chi connectivity index (χ0) is 19.7. The lowest BCUT2D eigenvalue weighted by atomic mass is 10.1. The number of amides is 1. The van der Waals surface area contributed by atoms with Crippen molar-refractivity contribution in [2.45, 2.75) is 38.0 Å². The molecular weight excluding hydrogens is 391 g/mol. The van der Waals surface area contributed by atoms with E-state index >= 15 is 0 Å². The summed E-state index contributed by atoms with van der Waals surface area (Å²) in [5.74, 6) is 0.632. The number of thiazole rings is 1. The van der Waals surface area contributed by atoms with E-state index in [9.17, 15) is 18.0 Å². The minimum Gasteiger partial charge on any atom is -0.348 e. The number of halogens is 3. The molecule has 1 aliphatic rings. The van der Waals surface area contributed by atoms with E-state index in [1.54, 1.807) is 11.7 Å². The molecule has 1 aromatic carbocycles. The summed E-state index contributed by atoms with van der Waals surface area (Å²) in [6.45, 7) is 0.737. The second-order valence-electron chi connectivity index (χ2n) is 6.55. The number of nitrogens with one attached hydrogen (secondary N) is 1. The first kappa shape index (κ1) is 18.6. The van der Waals surface area contributed by atoms with Crippen molar-refractivity contribution < 1.29 is 18.0 Å². The maximum atomic E-state index is 12.7. The number of rotatable bonds is 3. The third-order valence-corrected chi connectivity index (χ3v) is 5.55. The fourth-order valence-corrected chi connectivity index (χ4v) is 3.92. The van der Waals surface area contributed by atoms with E-state index in [4.69, 9.17) is 0 Å². The molecule has 0 saturated heterocycles. The van der Waals surface area contributed by atoms with Gasteiger partial charge in [0, 0.05) is 30.0 Å². The van der Waals surface area contributed by atoms with Crippen LogP contribution in [0.3, 0.4) is 0 Å². The second kappa shape index (κ2) is 7.34. The molecule has 1 N–H and O–H groups in total. The smallest absolute Gasteiger partial charge is 0.348 e. The molecule has 28 heavy (non-hydrogen) atoms.